The first kappa shape index (κ1) is 26.3. The summed E-state index contributed by atoms with van der Waals surface area (Å²) in [5.41, 5.74) is -2.71. The van der Waals surface area contributed by atoms with Gasteiger partial charge in [0, 0.05) is 0 Å². The van der Waals surface area contributed by atoms with Crippen LogP contribution in [-0.2, 0) is 33.3 Å². The minimum atomic E-state index is -2.16. The molecule has 1 aliphatic heterocycles. The predicted molar refractivity (Wildman–Crippen MR) is 105 cm³/mol. The fraction of sp³-hybridized carbons (Fsp3) is 0.857. The molecule has 5 atom stereocenters. The molecule has 0 aromatic heterocycles. The van der Waals surface area contributed by atoms with E-state index in [0.717, 1.165) is 0 Å². The SMILES string of the molecule is CC(C)(C)C(=O)OC[C@H]1O[C@@H](O)[C@H](F)[C@@H](OC(=O)C(C)(C)C)[C@@H]1OC(=O)C(C)(C)C. The molecule has 1 rings (SSSR count). The van der Waals surface area contributed by atoms with Gasteiger partial charge in [-0.05, 0) is 62.3 Å². The van der Waals surface area contributed by atoms with Crippen LogP contribution in [0, 0.1) is 16.2 Å². The van der Waals surface area contributed by atoms with E-state index in [1.807, 2.05) is 0 Å². The van der Waals surface area contributed by atoms with Crippen molar-refractivity contribution in [1.82, 2.24) is 0 Å². The monoisotopic (exact) mass is 434 g/mol. The summed E-state index contributed by atoms with van der Waals surface area (Å²) < 4.78 is 36.0. The average molecular weight is 435 g/mol. The van der Waals surface area contributed by atoms with Gasteiger partial charge in [0.2, 0.25) is 0 Å². The van der Waals surface area contributed by atoms with Gasteiger partial charge in [-0.2, -0.15) is 0 Å². The van der Waals surface area contributed by atoms with Crippen molar-refractivity contribution in [1.29, 1.82) is 0 Å². The number of halogens is 1. The molecular weight excluding hydrogens is 399 g/mol. The molecule has 1 heterocycles. The first-order valence-corrected chi connectivity index (χ1v) is 9.92. The Morgan fingerprint density at radius 3 is 1.60 bits per heavy atom. The van der Waals surface area contributed by atoms with Crippen molar-refractivity contribution in [2.24, 2.45) is 16.2 Å². The Balaban J connectivity index is 3.20. The Kier molecular flexibility index (Phi) is 8.04. The molecule has 0 saturated carbocycles. The van der Waals surface area contributed by atoms with E-state index in [4.69, 9.17) is 18.9 Å². The van der Waals surface area contributed by atoms with Crippen molar-refractivity contribution in [3.05, 3.63) is 0 Å². The van der Waals surface area contributed by atoms with Gasteiger partial charge >= 0.3 is 17.9 Å². The molecule has 9 heteroatoms. The number of carbonyl (C=O) groups is 3. The van der Waals surface area contributed by atoms with E-state index >= 15 is 0 Å². The van der Waals surface area contributed by atoms with Crippen molar-refractivity contribution >= 4 is 17.9 Å². The maximum Gasteiger partial charge on any atom is 0.311 e. The summed E-state index contributed by atoms with van der Waals surface area (Å²) >= 11 is 0. The minimum Gasteiger partial charge on any atom is -0.462 e. The van der Waals surface area contributed by atoms with E-state index in [-0.39, 0.29) is 0 Å². The molecule has 0 spiro atoms. The molecule has 0 unspecified atom stereocenters. The molecule has 8 nitrogen and oxygen atoms in total. The molecule has 0 aliphatic carbocycles. The summed E-state index contributed by atoms with van der Waals surface area (Å²) in [6.07, 6.45) is -8.41. The van der Waals surface area contributed by atoms with Gasteiger partial charge in [0.05, 0.1) is 16.2 Å². The van der Waals surface area contributed by atoms with Crippen molar-refractivity contribution < 1.29 is 42.8 Å². The van der Waals surface area contributed by atoms with Gasteiger partial charge in [-0.3, -0.25) is 14.4 Å². The van der Waals surface area contributed by atoms with Gasteiger partial charge in [0.1, 0.15) is 12.7 Å². The highest BCUT2D eigenvalue weighted by Crippen LogP contribution is 2.31. The first-order valence-electron chi connectivity index (χ1n) is 9.92. The summed E-state index contributed by atoms with van der Waals surface area (Å²) in [4.78, 5) is 37.0. The van der Waals surface area contributed by atoms with Gasteiger partial charge in [-0.15, -0.1) is 0 Å². The third-order valence-electron chi connectivity index (χ3n) is 4.29. The van der Waals surface area contributed by atoms with Gasteiger partial charge in [0.25, 0.3) is 0 Å². The molecule has 0 amide bonds. The summed E-state index contributed by atoms with van der Waals surface area (Å²) in [5, 5.41) is 10.0. The zero-order chi connectivity index (χ0) is 23.7. The summed E-state index contributed by atoms with van der Waals surface area (Å²) in [5.74, 6) is -2.00. The van der Waals surface area contributed by atoms with E-state index < -0.39 is 71.5 Å². The second-order valence-electron chi connectivity index (χ2n) is 10.6. The fourth-order valence-corrected chi connectivity index (χ4v) is 2.27. The van der Waals surface area contributed by atoms with Crippen molar-refractivity contribution in [3.63, 3.8) is 0 Å². The molecule has 1 N–H and O–H groups in total. The lowest BCUT2D eigenvalue weighted by atomic mass is 9.94. The smallest absolute Gasteiger partial charge is 0.311 e. The Bertz CT molecular complexity index is 641. The molecule has 1 aliphatic rings. The predicted octanol–water partition coefficient (Wildman–Crippen LogP) is 2.55. The number of aliphatic hydroxyl groups is 1. The largest absolute Gasteiger partial charge is 0.462 e. The second-order valence-corrected chi connectivity index (χ2v) is 10.6. The number of rotatable bonds is 4. The van der Waals surface area contributed by atoms with Crippen LogP contribution in [0.15, 0.2) is 0 Å². The molecular formula is C21H35FO8. The van der Waals surface area contributed by atoms with E-state index in [0.29, 0.717) is 0 Å². The average Bonchev–Trinajstić information content (AvgIpc) is 2.56. The highest BCUT2D eigenvalue weighted by atomic mass is 19.1. The third-order valence-corrected chi connectivity index (χ3v) is 4.29. The van der Waals surface area contributed by atoms with Gasteiger partial charge in [-0.25, -0.2) is 4.39 Å². The fourth-order valence-electron chi connectivity index (χ4n) is 2.27. The topological polar surface area (TPSA) is 108 Å². The lowest BCUT2D eigenvalue weighted by Crippen LogP contribution is -2.61. The molecule has 30 heavy (non-hydrogen) atoms. The number of ether oxygens (including phenoxy) is 4. The highest BCUT2D eigenvalue weighted by molar-refractivity contribution is 5.77. The zero-order valence-corrected chi connectivity index (χ0v) is 19.3. The zero-order valence-electron chi connectivity index (χ0n) is 19.3. The van der Waals surface area contributed by atoms with E-state index in [1.54, 1.807) is 62.3 Å². The Morgan fingerprint density at radius 1 is 0.800 bits per heavy atom. The van der Waals surface area contributed by atoms with Crippen molar-refractivity contribution in [2.45, 2.75) is 93.1 Å². The van der Waals surface area contributed by atoms with Crippen molar-refractivity contribution in [3.8, 4) is 0 Å². The number of hydrogen-bond acceptors (Lipinski definition) is 8. The minimum absolute atomic E-state index is 0.425. The second kappa shape index (κ2) is 9.18. The molecule has 0 bridgehead atoms. The first-order chi connectivity index (χ1) is 13.4. The maximum atomic E-state index is 14.8. The van der Waals surface area contributed by atoms with Crippen LogP contribution in [0.3, 0.4) is 0 Å². The van der Waals surface area contributed by atoms with Gasteiger partial charge in [0.15, 0.2) is 24.7 Å². The van der Waals surface area contributed by atoms with Gasteiger partial charge in [-0.1, -0.05) is 0 Å². The Morgan fingerprint density at radius 2 is 1.20 bits per heavy atom. The van der Waals surface area contributed by atoms with Crippen molar-refractivity contribution in [2.75, 3.05) is 6.61 Å². The van der Waals surface area contributed by atoms with Crippen LogP contribution in [0.1, 0.15) is 62.3 Å². The van der Waals surface area contributed by atoms with Crippen LogP contribution in [0.2, 0.25) is 0 Å². The van der Waals surface area contributed by atoms with Crippen LogP contribution in [0.5, 0.6) is 0 Å². The number of alkyl halides is 1. The van der Waals surface area contributed by atoms with Crippen LogP contribution in [0.25, 0.3) is 0 Å². The van der Waals surface area contributed by atoms with E-state index in [9.17, 15) is 23.9 Å². The molecule has 0 aromatic rings. The summed E-state index contributed by atoms with van der Waals surface area (Å²) in [6, 6.07) is 0. The number of hydrogen-bond donors (Lipinski definition) is 1. The van der Waals surface area contributed by atoms with Crippen LogP contribution in [-0.4, -0.2) is 60.4 Å². The van der Waals surface area contributed by atoms with Gasteiger partial charge < -0.3 is 24.1 Å². The molecule has 174 valence electrons. The Hall–Kier alpha value is -1.74. The molecule has 1 fully saturated rings. The lowest BCUT2D eigenvalue weighted by molar-refractivity contribution is -0.283. The summed E-state index contributed by atoms with van der Waals surface area (Å²) in [7, 11) is 0. The quantitative estimate of drug-likeness (QED) is 0.531. The molecule has 1 saturated heterocycles. The molecule has 0 radical (unpaired) electrons. The van der Waals surface area contributed by atoms with E-state index in [2.05, 4.69) is 0 Å². The summed E-state index contributed by atoms with van der Waals surface area (Å²) in [6.45, 7) is 14.1. The number of esters is 3. The highest BCUT2D eigenvalue weighted by Gasteiger charge is 2.52. The van der Waals surface area contributed by atoms with Crippen LogP contribution < -0.4 is 0 Å². The Labute approximate surface area is 177 Å². The standard InChI is InChI=1S/C21H35FO8/c1-19(2,3)16(24)27-10-11-13(29-17(25)20(4,5)6)14(12(22)15(23)28-11)30-18(26)21(7,8)9/h11-15,23H,10H2,1-9H3/t11-,12-,13-,14-,15-/m1/s1. The van der Waals surface area contributed by atoms with Crippen LogP contribution >= 0.6 is 0 Å². The van der Waals surface area contributed by atoms with E-state index in [1.165, 1.54) is 0 Å². The third kappa shape index (κ3) is 6.91. The maximum absolute atomic E-state index is 14.8. The van der Waals surface area contributed by atoms with Crippen LogP contribution in [0.4, 0.5) is 4.39 Å². The molecule has 0 aromatic carbocycles. The lowest BCUT2D eigenvalue weighted by Gasteiger charge is -2.42. The number of carbonyl (C=O) groups excluding carboxylic acids is 3. The normalized spacial score (nSPS) is 27.9. The number of aliphatic hydroxyl groups excluding tert-OH is 1.